The molecule has 0 aliphatic carbocycles. The molecule has 0 bridgehead atoms. The van der Waals surface area contributed by atoms with E-state index in [0.29, 0.717) is 11.4 Å². The van der Waals surface area contributed by atoms with Gasteiger partial charge in [-0.3, -0.25) is 9.59 Å². The molecule has 0 aliphatic rings. The maximum Gasteiger partial charge on any atom is 0.314 e. The van der Waals surface area contributed by atoms with Gasteiger partial charge in [0.2, 0.25) is 0 Å². The highest BCUT2D eigenvalue weighted by Crippen LogP contribution is 2.24. The van der Waals surface area contributed by atoms with Gasteiger partial charge in [-0.15, -0.1) is 0 Å². The van der Waals surface area contributed by atoms with Crippen molar-refractivity contribution in [3.05, 3.63) is 71.3 Å². The summed E-state index contributed by atoms with van der Waals surface area (Å²) in [5.41, 5.74) is 4.29. The summed E-state index contributed by atoms with van der Waals surface area (Å²) in [4.78, 5) is 24.6. The smallest absolute Gasteiger partial charge is 0.314 e. The zero-order chi connectivity index (χ0) is 18.0. The van der Waals surface area contributed by atoms with E-state index < -0.39 is 11.8 Å². The first-order chi connectivity index (χ1) is 12.0. The maximum absolute atomic E-state index is 12.3. The molecule has 0 heterocycles. The van der Waals surface area contributed by atoms with Gasteiger partial charge in [-0.1, -0.05) is 54.1 Å². The first-order valence-corrected chi connectivity index (χ1v) is 8.13. The van der Waals surface area contributed by atoms with Gasteiger partial charge in [0.05, 0.1) is 0 Å². The van der Waals surface area contributed by atoms with Crippen LogP contribution in [-0.4, -0.2) is 11.8 Å². The summed E-state index contributed by atoms with van der Waals surface area (Å²) in [5, 5.41) is 7.33. The average molecular weight is 332 g/mol. The van der Waals surface area contributed by atoms with E-state index in [9.17, 15) is 9.59 Å². The van der Waals surface area contributed by atoms with Crippen molar-refractivity contribution in [3.8, 4) is 0 Å². The highest BCUT2D eigenvalue weighted by atomic mass is 16.2. The standard InChI is InChI=1S/C21H20N2O2/c1-13-11-14(2)19(15(3)12-13)23-21(25)20(24)22-18-10-6-8-16-7-4-5-9-17(16)18/h4-12H,1-3H3,(H,22,24)(H,23,25). The van der Waals surface area contributed by atoms with Crippen molar-refractivity contribution in [2.75, 3.05) is 10.6 Å². The lowest BCUT2D eigenvalue weighted by Crippen LogP contribution is -2.29. The van der Waals surface area contributed by atoms with Gasteiger partial charge in [0, 0.05) is 16.8 Å². The maximum atomic E-state index is 12.3. The van der Waals surface area contributed by atoms with Crippen LogP contribution >= 0.6 is 0 Å². The SMILES string of the molecule is Cc1cc(C)c(NC(=O)C(=O)Nc2cccc3ccccc23)c(C)c1. The van der Waals surface area contributed by atoms with E-state index in [2.05, 4.69) is 10.6 Å². The zero-order valence-corrected chi connectivity index (χ0v) is 14.5. The lowest BCUT2D eigenvalue weighted by atomic mass is 10.1. The van der Waals surface area contributed by atoms with Crippen molar-refractivity contribution in [1.29, 1.82) is 0 Å². The van der Waals surface area contributed by atoms with Gasteiger partial charge in [-0.2, -0.15) is 0 Å². The molecule has 2 N–H and O–H groups in total. The second-order valence-electron chi connectivity index (χ2n) is 6.21. The third-order valence-electron chi connectivity index (χ3n) is 4.16. The Balaban J connectivity index is 1.81. The van der Waals surface area contributed by atoms with E-state index in [4.69, 9.17) is 0 Å². The minimum absolute atomic E-state index is 0.621. The number of hydrogen-bond acceptors (Lipinski definition) is 2. The molecule has 0 aliphatic heterocycles. The molecule has 25 heavy (non-hydrogen) atoms. The summed E-state index contributed by atoms with van der Waals surface area (Å²) in [5.74, 6) is -1.36. The summed E-state index contributed by atoms with van der Waals surface area (Å²) in [6, 6.07) is 17.3. The number of amides is 2. The zero-order valence-electron chi connectivity index (χ0n) is 14.5. The van der Waals surface area contributed by atoms with Crippen molar-refractivity contribution >= 4 is 34.0 Å². The third-order valence-corrected chi connectivity index (χ3v) is 4.16. The number of fused-ring (bicyclic) bond motifs is 1. The van der Waals surface area contributed by atoms with E-state index in [1.807, 2.05) is 69.3 Å². The van der Waals surface area contributed by atoms with Crippen LogP contribution in [0.3, 0.4) is 0 Å². The highest BCUT2D eigenvalue weighted by molar-refractivity contribution is 6.44. The largest absolute Gasteiger partial charge is 0.317 e. The van der Waals surface area contributed by atoms with Crippen LogP contribution in [-0.2, 0) is 9.59 Å². The fourth-order valence-electron chi connectivity index (χ4n) is 3.06. The molecule has 0 spiro atoms. The number of rotatable bonds is 2. The Kier molecular flexibility index (Phi) is 4.52. The van der Waals surface area contributed by atoms with Crippen molar-refractivity contribution in [1.82, 2.24) is 0 Å². The molecule has 0 unspecified atom stereocenters. The molecule has 0 atom stereocenters. The van der Waals surface area contributed by atoms with Crippen molar-refractivity contribution in [2.24, 2.45) is 0 Å². The first-order valence-electron chi connectivity index (χ1n) is 8.13. The van der Waals surface area contributed by atoms with Crippen LogP contribution in [0, 0.1) is 20.8 Å². The number of carbonyl (C=O) groups is 2. The van der Waals surface area contributed by atoms with Crippen LogP contribution in [0.25, 0.3) is 10.8 Å². The summed E-state index contributed by atoms with van der Waals surface area (Å²) < 4.78 is 0. The summed E-state index contributed by atoms with van der Waals surface area (Å²) >= 11 is 0. The minimum atomic E-state index is -0.685. The molecular formula is C21H20N2O2. The fourth-order valence-corrected chi connectivity index (χ4v) is 3.06. The lowest BCUT2D eigenvalue weighted by molar-refractivity contribution is -0.132. The van der Waals surface area contributed by atoms with E-state index >= 15 is 0 Å². The van der Waals surface area contributed by atoms with Crippen LogP contribution < -0.4 is 10.6 Å². The summed E-state index contributed by atoms with van der Waals surface area (Å²) in [6.07, 6.45) is 0. The van der Waals surface area contributed by atoms with Crippen molar-refractivity contribution in [3.63, 3.8) is 0 Å². The number of aryl methyl sites for hydroxylation is 3. The number of benzene rings is 3. The molecule has 0 saturated heterocycles. The Hall–Kier alpha value is -3.14. The van der Waals surface area contributed by atoms with Gasteiger partial charge < -0.3 is 10.6 Å². The summed E-state index contributed by atoms with van der Waals surface area (Å²) in [7, 11) is 0. The molecule has 0 fully saturated rings. The molecule has 126 valence electrons. The van der Waals surface area contributed by atoms with Crippen molar-refractivity contribution < 1.29 is 9.59 Å². The first kappa shape index (κ1) is 16.7. The Labute approximate surface area is 146 Å². The monoisotopic (exact) mass is 332 g/mol. The average Bonchev–Trinajstić information content (AvgIpc) is 2.58. The second-order valence-corrected chi connectivity index (χ2v) is 6.21. The lowest BCUT2D eigenvalue weighted by Gasteiger charge is -2.13. The van der Waals surface area contributed by atoms with E-state index in [1.165, 1.54) is 0 Å². The Morgan fingerprint density at radius 2 is 1.36 bits per heavy atom. The van der Waals surface area contributed by atoms with Crippen LogP contribution in [0.2, 0.25) is 0 Å². The topological polar surface area (TPSA) is 58.2 Å². The van der Waals surface area contributed by atoms with Gasteiger partial charge in [0.1, 0.15) is 0 Å². The van der Waals surface area contributed by atoms with E-state index in [0.717, 1.165) is 27.5 Å². The van der Waals surface area contributed by atoms with E-state index in [-0.39, 0.29) is 0 Å². The van der Waals surface area contributed by atoms with Crippen LogP contribution in [0.15, 0.2) is 54.6 Å². The Morgan fingerprint density at radius 3 is 2.08 bits per heavy atom. The normalized spacial score (nSPS) is 10.5. The highest BCUT2D eigenvalue weighted by Gasteiger charge is 2.17. The molecule has 3 aromatic rings. The van der Waals surface area contributed by atoms with Gasteiger partial charge >= 0.3 is 11.8 Å². The van der Waals surface area contributed by atoms with Gasteiger partial charge in [-0.25, -0.2) is 0 Å². The van der Waals surface area contributed by atoms with Crippen LogP contribution in [0.5, 0.6) is 0 Å². The van der Waals surface area contributed by atoms with Gasteiger partial charge in [-0.05, 0) is 43.4 Å². The third kappa shape index (κ3) is 3.53. The number of nitrogens with one attached hydrogen (secondary N) is 2. The second kappa shape index (κ2) is 6.77. The molecule has 3 aromatic carbocycles. The molecule has 0 radical (unpaired) electrons. The Morgan fingerprint density at radius 1 is 0.760 bits per heavy atom. The number of carbonyl (C=O) groups excluding carboxylic acids is 2. The summed E-state index contributed by atoms with van der Waals surface area (Å²) in [6.45, 7) is 5.83. The fraction of sp³-hybridized carbons (Fsp3) is 0.143. The number of hydrogen-bond donors (Lipinski definition) is 2. The van der Waals surface area contributed by atoms with Gasteiger partial charge in [0.15, 0.2) is 0 Å². The molecule has 0 saturated carbocycles. The molecule has 4 heteroatoms. The minimum Gasteiger partial charge on any atom is -0.317 e. The van der Waals surface area contributed by atoms with Crippen molar-refractivity contribution in [2.45, 2.75) is 20.8 Å². The molecule has 4 nitrogen and oxygen atoms in total. The van der Waals surface area contributed by atoms with Gasteiger partial charge in [0.25, 0.3) is 0 Å². The quantitative estimate of drug-likeness (QED) is 0.686. The predicted octanol–water partition coefficient (Wildman–Crippen LogP) is 4.34. The number of anilines is 2. The van der Waals surface area contributed by atoms with Crippen LogP contribution in [0.1, 0.15) is 16.7 Å². The molecule has 0 aromatic heterocycles. The molecule has 2 amide bonds. The predicted molar refractivity (Wildman–Crippen MR) is 102 cm³/mol. The Bertz CT molecular complexity index is 948. The molecular weight excluding hydrogens is 312 g/mol. The van der Waals surface area contributed by atoms with E-state index in [1.54, 1.807) is 6.07 Å². The molecule has 3 rings (SSSR count). The van der Waals surface area contributed by atoms with Crippen LogP contribution in [0.4, 0.5) is 11.4 Å².